The van der Waals surface area contributed by atoms with Crippen LogP contribution in [0.25, 0.3) is 6.08 Å². The van der Waals surface area contributed by atoms with Crippen molar-refractivity contribution in [2.45, 2.75) is 0 Å². The second-order valence-electron chi connectivity index (χ2n) is 5.62. The van der Waals surface area contributed by atoms with Crippen LogP contribution in [0.1, 0.15) is 5.56 Å². The second kappa shape index (κ2) is 8.99. The van der Waals surface area contributed by atoms with E-state index >= 15 is 0 Å². The molecule has 1 heterocycles. The van der Waals surface area contributed by atoms with Crippen molar-refractivity contribution in [1.29, 1.82) is 0 Å². The summed E-state index contributed by atoms with van der Waals surface area (Å²) in [6, 6.07) is 16.5. The number of allylic oxidation sites excluding steroid dienone is 2. The van der Waals surface area contributed by atoms with Gasteiger partial charge < -0.3 is 5.32 Å². The van der Waals surface area contributed by atoms with Gasteiger partial charge in [-0.3, -0.25) is 14.5 Å². The molecule has 2 amide bonds. The minimum Gasteiger partial charge on any atom is -0.325 e. The van der Waals surface area contributed by atoms with Crippen LogP contribution in [0, 0.1) is 0 Å². The highest BCUT2D eigenvalue weighted by Crippen LogP contribution is 2.30. The fourth-order valence-corrected chi connectivity index (χ4v) is 3.67. The number of amides is 2. The first-order valence-corrected chi connectivity index (χ1v) is 9.66. The van der Waals surface area contributed by atoms with Gasteiger partial charge in [-0.05, 0) is 35.9 Å². The third kappa shape index (κ3) is 5.29. The molecule has 0 unspecified atom stereocenters. The Morgan fingerprint density at radius 2 is 1.85 bits per heavy atom. The van der Waals surface area contributed by atoms with E-state index in [1.807, 2.05) is 36.4 Å². The largest absolute Gasteiger partial charge is 0.325 e. The Kier molecular flexibility index (Phi) is 6.45. The number of anilines is 1. The van der Waals surface area contributed by atoms with Gasteiger partial charge in [-0.15, -0.1) is 0 Å². The summed E-state index contributed by atoms with van der Waals surface area (Å²) in [5, 5.41) is 3.30. The minimum absolute atomic E-state index is 0.132. The molecule has 0 aliphatic carbocycles. The molecule has 0 atom stereocenters. The molecule has 1 N–H and O–H groups in total. The van der Waals surface area contributed by atoms with Gasteiger partial charge in [-0.2, -0.15) is 0 Å². The molecule has 0 spiro atoms. The molecule has 136 valence electrons. The molecule has 1 fully saturated rings. The van der Waals surface area contributed by atoms with Gasteiger partial charge in [0, 0.05) is 10.7 Å². The van der Waals surface area contributed by atoms with Gasteiger partial charge in [-0.1, -0.05) is 78.1 Å². The molecule has 1 aliphatic heterocycles. The molecule has 3 rings (SSSR count). The second-order valence-corrected chi connectivity index (χ2v) is 7.73. The highest BCUT2D eigenvalue weighted by molar-refractivity contribution is 8.26. The van der Waals surface area contributed by atoms with Crippen LogP contribution in [-0.2, 0) is 9.59 Å². The number of thioether (sulfide) groups is 1. The Morgan fingerprint density at radius 3 is 2.56 bits per heavy atom. The van der Waals surface area contributed by atoms with Crippen molar-refractivity contribution in [1.82, 2.24) is 4.90 Å². The van der Waals surface area contributed by atoms with E-state index in [0.717, 1.165) is 5.56 Å². The summed E-state index contributed by atoms with van der Waals surface area (Å²) in [6.45, 7) is -0.132. The van der Waals surface area contributed by atoms with Crippen LogP contribution < -0.4 is 5.32 Å². The van der Waals surface area contributed by atoms with Gasteiger partial charge in [-0.25, -0.2) is 0 Å². The molecule has 27 heavy (non-hydrogen) atoms. The number of carbonyl (C=O) groups excluding carboxylic acids is 2. The summed E-state index contributed by atoms with van der Waals surface area (Å²) in [5.41, 5.74) is 1.64. The van der Waals surface area contributed by atoms with E-state index in [4.69, 9.17) is 23.8 Å². The first-order valence-electron chi connectivity index (χ1n) is 8.05. The highest BCUT2D eigenvalue weighted by Gasteiger charge is 2.32. The average molecular weight is 415 g/mol. The fraction of sp³-hybridized carbons (Fsp3) is 0.0500. The molecule has 1 saturated heterocycles. The minimum atomic E-state index is -0.324. The molecular weight excluding hydrogens is 400 g/mol. The smallest absolute Gasteiger partial charge is 0.266 e. The Morgan fingerprint density at radius 1 is 1.15 bits per heavy atom. The summed E-state index contributed by atoms with van der Waals surface area (Å²) in [6.07, 6.45) is 5.42. The molecule has 2 aromatic rings. The summed E-state index contributed by atoms with van der Waals surface area (Å²) in [5.74, 6) is -0.594. The van der Waals surface area contributed by atoms with Gasteiger partial charge in [0.15, 0.2) is 0 Å². The predicted molar refractivity (Wildman–Crippen MR) is 116 cm³/mol. The van der Waals surface area contributed by atoms with E-state index in [1.54, 1.807) is 36.4 Å². The number of halogens is 1. The monoisotopic (exact) mass is 414 g/mol. The predicted octanol–water partition coefficient (Wildman–Crippen LogP) is 4.74. The summed E-state index contributed by atoms with van der Waals surface area (Å²) in [7, 11) is 0. The van der Waals surface area contributed by atoms with Gasteiger partial charge in [0.25, 0.3) is 5.91 Å². The van der Waals surface area contributed by atoms with Crippen LogP contribution in [-0.4, -0.2) is 27.6 Å². The van der Waals surface area contributed by atoms with Gasteiger partial charge >= 0.3 is 0 Å². The third-order valence-corrected chi connectivity index (χ3v) is 5.29. The summed E-state index contributed by atoms with van der Waals surface area (Å²) < 4.78 is 0.366. The van der Waals surface area contributed by atoms with Crippen LogP contribution in [0.5, 0.6) is 0 Å². The number of hydrogen-bond donors (Lipinski definition) is 1. The van der Waals surface area contributed by atoms with E-state index in [0.29, 0.717) is 19.9 Å². The number of rotatable bonds is 5. The first-order chi connectivity index (χ1) is 13.0. The molecule has 0 radical (unpaired) electrons. The van der Waals surface area contributed by atoms with Crippen molar-refractivity contribution < 1.29 is 9.59 Å². The van der Waals surface area contributed by atoms with E-state index in [-0.39, 0.29) is 18.4 Å². The number of benzene rings is 2. The standard InChI is InChI=1S/C20H15ClN2O2S2/c21-15-9-11-16(12-10-15)22-18(24)13-23-19(25)17(27-20(23)26)8-4-7-14-5-2-1-3-6-14/h1-12H,13H2,(H,22,24). The molecule has 1 aliphatic rings. The third-order valence-electron chi connectivity index (χ3n) is 3.64. The van der Waals surface area contributed by atoms with Crippen LogP contribution in [0.4, 0.5) is 5.69 Å². The molecule has 0 bridgehead atoms. The molecular formula is C20H15ClN2O2S2. The lowest BCUT2D eigenvalue weighted by molar-refractivity contribution is -0.126. The lowest BCUT2D eigenvalue weighted by Crippen LogP contribution is -2.36. The SMILES string of the molecule is O=C(CN1C(=O)C(=CC=Cc2ccccc2)SC1=S)Nc1ccc(Cl)cc1. The lowest BCUT2D eigenvalue weighted by Gasteiger charge is -2.14. The number of nitrogens with zero attached hydrogens (tertiary/aromatic N) is 1. The Hall–Kier alpha value is -2.41. The van der Waals surface area contributed by atoms with E-state index < -0.39 is 0 Å². The Bertz CT molecular complexity index is 925. The lowest BCUT2D eigenvalue weighted by atomic mass is 10.2. The van der Waals surface area contributed by atoms with Crippen molar-refractivity contribution in [3.63, 3.8) is 0 Å². The molecule has 0 aromatic heterocycles. The number of nitrogens with one attached hydrogen (secondary N) is 1. The Balaban J connectivity index is 1.61. The van der Waals surface area contributed by atoms with Gasteiger partial charge in [0.05, 0.1) is 4.91 Å². The van der Waals surface area contributed by atoms with Crippen LogP contribution in [0.15, 0.2) is 71.7 Å². The highest BCUT2D eigenvalue weighted by atomic mass is 35.5. The van der Waals surface area contributed by atoms with Crippen molar-refractivity contribution in [3.8, 4) is 0 Å². The topological polar surface area (TPSA) is 49.4 Å². The van der Waals surface area contributed by atoms with Crippen molar-refractivity contribution in [2.75, 3.05) is 11.9 Å². The summed E-state index contributed by atoms with van der Waals surface area (Å²) in [4.78, 5) is 26.5. The van der Waals surface area contributed by atoms with Crippen LogP contribution in [0.2, 0.25) is 5.02 Å². The van der Waals surface area contributed by atoms with E-state index in [1.165, 1.54) is 16.7 Å². The maximum Gasteiger partial charge on any atom is 0.266 e. The first kappa shape index (κ1) is 19.4. The molecule has 4 nitrogen and oxygen atoms in total. The Labute approximate surface area is 171 Å². The van der Waals surface area contributed by atoms with Crippen molar-refractivity contribution >= 4 is 63.5 Å². The maximum absolute atomic E-state index is 12.5. The zero-order valence-electron chi connectivity index (χ0n) is 14.1. The molecule has 0 saturated carbocycles. The van der Waals surface area contributed by atoms with Crippen LogP contribution >= 0.6 is 35.6 Å². The molecule has 2 aromatic carbocycles. The van der Waals surface area contributed by atoms with Gasteiger partial charge in [0.1, 0.15) is 10.9 Å². The quantitative estimate of drug-likeness (QED) is 0.567. The normalized spacial score (nSPS) is 15.7. The van der Waals surface area contributed by atoms with Crippen LogP contribution in [0.3, 0.4) is 0 Å². The average Bonchev–Trinajstić information content (AvgIpc) is 2.92. The van der Waals surface area contributed by atoms with E-state index in [2.05, 4.69) is 5.32 Å². The fourth-order valence-electron chi connectivity index (χ4n) is 2.34. The van der Waals surface area contributed by atoms with Crippen molar-refractivity contribution in [3.05, 3.63) is 82.2 Å². The van der Waals surface area contributed by atoms with Crippen molar-refractivity contribution in [2.24, 2.45) is 0 Å². The number of hydrogen-bond acceptors (Lipinski definition) is 4. The zero-order chi connectivity index (χ0) is 19.2. The number of thiocarbonyl (C=S) groups is 1. The maximum atomic E-state index is 12.5. The summed E-state index contributed by atoms with van der Waals surface area (Å²) >= 11 is 12.3. The molecule has 7 heteroatoms. The number of carbonyl (C=O) groups is 2. The zero-order valence-corrected chi connectivity index (χ0v) is 16.5. The van der Waals surface area contributed by atoms with E-state index in [9.17, 15) is 9.59 Å². The van der Waals surface area contributed by atoms with Gasteiger partial charge in [0.2, 0.25) is 5.91 Å².